The Kier molecular flexibility index (Phi) is 6.80. The van der Waals surface area contributed by atoms with Gasteiger partial charge in [-0.1, -0.05) is 54.6 Å². The van der Waals surface area contributed by atoms with Crippen LogP contribution < -0.4 is 11.1 Å². The van der Waals surface area contributed by atoms with Crippen LogP contribution in [0.5, 0.6) is 0 Å². The second-order valence-corrected chi connectivity index (χ2v) is 11.0. The number of ether oxygens (including phenoxy) is 1. The van der Waals surface area contributed by atoms with E-state index in [1.807, 2.05) is 71.0 Å². The number of aryl methyl sites for hydroxylation is 1. The summed E-state index contributed by atoms with van der Waals surface area (Å²) < 4.78 is 18.3. The van der Waals surface area contributed by atoms with E-state index in [1.54, 1.807) is 6.20 Å². The van der Waals surface area contributed by atoms with Crippen molar-refractivity contribution in [1.29, 1.82) is 0 Å². The number of alkyl carbamates (subject to hydrolysis) is 1. The van der Waals surface area contributed by atoms with Crippen LogP contribution in [0.1, 0.15) is 55.9 Å². The third-order valence-corrected chi connectivity index (χ3v) is 7.85. The molecule has 1 amide bonds. The maximum atomic E-state index is 12.9. The van der Waals surface area contributed by atoms with Gasteiger partial charge in [-0.05, 0) is 79.5 Å². The molecule has 0 bridgehead atoms. The first kappa shape index (κ1) is 26.0. The molecule has 1 fully saturated rings. The number of hydrogen-bond acceptors (Lipinski definition) is 6. The number of pyridine rings is 1. The first-order valence-electron chi connectivity index (χ1n) is 12.9. The predicted octanol–water partition coefficient (Wildman–Crippen LogP) is 5.53. The normalized spacial score (nSPS) is 17.7. The van der Waals surface area contributed by atoms with Crippen molar-refractivity contribution in [3.63, 3.8) is 0 Å². The molecular weight excluding hydrogens is 477 g/mol. The molecular formula is C30H34BN3O4. The third kappa shape index (κ3) is 4.94. The molecule has 0 saturated carbocycles. The summed E-state index contributed by atoms with van der Waals surface area (Å²) in [7, 11) is -0.633. The molecule has 3 N–H and O–H groups in total. The van der Waals surface area contributed by atoms with E-state index in [0.717, 1.165) is 16.6 Å². The van der Waals surface area contributed by atoms with Crippen LogP contribution in [-0.2, 0) is 14.0 Å². The highest BCUT2D eigenvalue weighted by Crippen LogP contribution is 2.44. The van der Waals surface area contributed by atoms with Gasteiger partial charge in [-0.15, -0.1) is 0 Å². The molecule has 1 aromatic heterocycles. The average molecular weight is 511 g/mol. The van der Waals surface area contributed by atoms with Crippen molar-refractivity contribution >= 4 is 25.1 Å². The summed E-state index contributed by atoms with van der Waals surface area (Å²) in [5.74, 6) is 0.448. The van der Waals surface area contributed by atoms with Crippen LogP contribution in [0.25, 0.3) is 17.2 Å². The van der Waals surface area contributed by atoms with Gasteiger partial charge >= 0.3 is 13.2 Å². The molecule has 2 heterocycles. The smallest absolute Gasteiger partial charge is 0.449 e. The van der Waals surface area contributed by atoms with Crippen molar-refractivity contribution in [1.82, 2.24) is 10.3 Å². The Bertz CT molecular complexity index is 1340. The molecule has 0 radical (unpaired) electrons. The summed E-state index contributed by atoms with van der Waals surface area (Å²) in [5, 5.41) is 2.90. The van der Waals surface area contributed by atoms with Gasteiger partial charge in [-0.25, -0.2) is 9.78 Å². The molecule has 1 aliphatic heterocycles. The van der Waals surface area contributed by atoms with Crippen LogP contribution >= 0.6 is 0 Å². The molecule has 2 aliphatic rings. The first-order valence-corrected chi connectivity index (χ1v) is 12.9. The lowest BCUT2D eigenvalue weighted by Gasteiger charge is -2.32. The largest absolute Gasteiger partial charge is 0.492 e. The highest BCUT2D eigenvalue weighted by atomic mass is 16.7. The molecule has 0 atom stereocenters. The number of nitrogens with zero attached hydrogens (tertiary/aromatic N) is 1. The highest BCUT2D eigenvalue weighted by molar-refractivity contribution is 6.56. The van der Waals surface area contributed by atoms with Crippen molar-refractivity contribution in [3.8, 4) is 11.1 Å². The summed E-state index contributed by atoms with van der Waals surface area (Å²) in [6.07, 6.45) is 3.15. The van der Waals surface area contributed by atoms with Crippen LogP contribution in [0.4, 0.5) is 10.6 Å². The maximum absolute atomic E-state index is 12.9. The van der Waals surface area contributed by atoms with Crippen molar-refractivity contribution in [2.45, 2.75) is 51.7 Å². The third-order valence-electron chi connectivity index (χ3n) is 7.85. The fourth-order valence-electron chi connectivity index (χ4n) is 4.96. The molecule has 3 aromatic rings. The SMILES string of the molecule is Cc1cc(N)ncc1C=C(CNC(=O)OCC1c2ccccc2-c2ccccc21)B1OC(C)(C)C(C)(C)O1. The van der Waals surface area contributed by atoms with Crippen molar-refractivity contribution in [2.75, 3.05) is 18.9 Å². The van der Waals surface area contributed by atoms with Crippen LogP contribution in [0.2, 0.25) is 0 Å². The van der Waals surface area contributed by atoms with Crippen molar-refractivity contribution in [2.24, 2.45) is 0 Å². The Labute approximate surface area is 224 Å². The molecule has 196 valence electrons. The van der Waals surface area contributed by atoms with E-state index in [0.29, 0.717) is 5.82 Å². The van der Waals surface area contributed by atoms with E-state index < -0.39 is 24.4 Å². The monoisotopic (exact) mass is 511 g/mol. The number of nitrogen functional groups attached to an aromatic ring is 1. The summed E-state index contributed by atoms with van der Waals surface area (Å²) in [5.41, 5.74) is 12.1. The lowest BCUT2D eigenvalue weighted by Crippen LogP contribution is -2.41. The number of anilines is 1. The van der Waals surface area contributed by atoms with Gasteiger partial charge in [-0.2, -0.15) is 0 Å². The van der Waals surface area contributed by atoms with Crippen molar-refractivity contribution < 1.29 is 18.8 Å². The Balaban J connectivity index is 1.31. The summed E-state index contributed by atoms with van der Waals surface area (Å²) in [6.45, 7) is 10.4. The Hall–Kier alpha value is -3.62. The minimum Gasteiger partial charge on any atom is -0.449 e. The predicted molar refractivity (Wildman–Crippen MR) is 151 cm³/mol. The summed E-state index contributed by atoms with van der Waals surface area (Å²) >= 11 is 0. The minimum absolute atomic E-state index is 0.00485. The topological polar surface area (TPSA) is 95.7 Å². The number of benzene rings is 2. The fraction of sp³-hybridized carbons (Fsp3) is 0.333. The Morgan fingerprint density at radius 1 is 1.05 bits per heavy atom. The van der Waals surface area contributed by atoms with Crippen LogP contribution in [0.15, 0.2) is 66.3 Å². The van der Waals surface area contributed by atoms with E-state index >= 15 is 0 Å². The molecule has 8 heteroatoms. The standard InChI is InChI=1S/C30H34BN3O4/c1-19-14-27(32)33-16-20(19)15-21(31-37-29(2,3)30(4,5)38-31)17-34-28(35)36-18-26-24-12-8-6-10-22(24)23-11-7-9-13-25(23)26/h6-16,26H,17-18H2,1-5H3,(H2,32,33)(H,34,35). The van der Waals surface area contributed by atoms with Gasteiger partial charge in [0, 0.05) is 18.7 Å². The molecule has 5 rings (SSSR count). The van der Waals surface area contributed by atoms with E-state index in [9.17, 15) is 4.79 Å². The summed E-state index contributed by atoms with van der Waals surface area (Å²) in [4.78, 5) is 17.1. The highest BCUT2D eigenvalue weighted by Gasteiger charge is 2.52. The average Bonchev–Trinajstić information content (AvgIpc) is 3.30. The number of carbonyl (C=O) groups is 1. The second-order valence-electron chi connectivity index (χ2n) is 11.0. The number of nitrogens with one attached hydrogen (secondary N) is 1. The number of nitrogens with two attached hydrogens (primary N) is 1. The molecule has 38 heavy (non-hydrogen) atoms. The maximum Gasteiger partial charge on any atom is 0.492 e. The molecule has 0 unspecified atom stereocenters. The lowest BCUT2D eigenvalue weighted by atomic mass is 9.76. The zero-order valence-corrected chi connectivity index (χ0v) is 22.6. The number of carbonyl (C=O) groups excluding carboxylic acids is 1. The van der Waals surface area contributed by atoms with Crippen LogP contribution in [0.3, 0.4) is 0 Å². The van der Waals surface area contributed by atoms with Crippen LogP contribution in [0, 0.1) is 6.92 Å². The van der Waals surface area contributed by atoms with E-state index in [2.05, 4.69) is 34.6 Å². The second kappa shape index (κ2) is 9.93. The molecule has 1 saturated heterocycles. The van der Waals surface area contributed by atoms with Gasteiger partial charge in [-0.3, -0.25) is 0 Å². The van der Waals surface area contributed by atoms with Crippen molar-refractivity contribution in [3.05, 3.63) is 88.5 Å². The van der Waals surface area contributed by atoms with Gasteiger partial charge in [0.05, 0.1) is 11.2 Å². The van der Waals surface area contributed by atoms with E-state index in [1.165, 1.54) is 22.3 Å². The molecule has 1 aliphatic carbocycles. The van der Waals surface area contributed by atoms with Gasteiger partial charge < -0.3 is 25.1 Å². The molecule has 7 nitrogen and oxygen atoms in total. The van der Waals surface area contributed by atoms with Gasteiger partial charge in [0.2, 0.25) is 0 Å². The van der Waals surface area contributed by atoms with E-state index in [-0.39, 0.29) is 19.1 Å². The van der Waals surface area contributed by atoms with Gasteiger partial charge in [0.15, 0.2) is 0 Å². The number of fused-ring (bicyclic) bond motifs is 3. The number of amides is 1. The Morgan fingerprint density at radius 3 is 2.21 bits per heavy atom. The number of aromatic nitrogens is 1. The van der Waals surface area contributed by atoms with Crippen LogP contribution in [-0.4, -0.2) is 42.5 Å². The van der Waals surface area contributed by atoms with Gasteiger partial charge in [0.25, 0.3) is 0 Å². The minimum atomic E-state index is -0.633. The number of rotatable bonds is 6. The number of hydrogen-bond donors (Lipinski definition) is 2. The van der Waals surface area contributed by atoms with Gasteiger partial charge in [0.1, 0.15) is 12.4 Å². The van der Waals surface area contributed by atoms with E-state index in [4.69, 9.17) is 19.8 Å². The molecule has 2 aromatic carbocycles. The summed E-state index contributed by atoms with van der Waals surface area (Å²) in [6, 6.07) is 18.4. The quantitative estimate of drug-likeness (QED) is 0.423. The first-order chi connectivity index (χ1) is 18.1. The lowest BCUT2D eigenvalue weighted by molar-refractivity contribution is 0.00578. The fourth-order valence-corrected chi connectivity index (χ4v) is 4.96. The zero-order chi connectivity index (χ0) is 27.1. The zero-order valence-electron chi connectivity index (χ0n) is 22.6. The Morgan fingerprint density at radius 2 is 1.63 bits per heavy atom. The molecule has 0 spiro atoms.